The Kier molecular flexibility index (Phi) is 8.21. The zero-order valence-electron chi connectivity index (χ0n) is 20.8. The van der Waals surface area contributed by atoms with E-state index in [1.807, 2.05) is 56.3 Å². The Balaban J connectivity index is 1.37. The van der Waals surface area contributed by atoms with Gasteiger partial charge in [0.15, 0.2) is 0 Å². The van der Waals surface area contributed by atoms with Crippen molar-refractivity contribution in [2.75, 3.05) is 44.2 Å². The van der Waals surface area contributed by atoms with E-state index < -0.39 is 5.82 Å². The van der Waals surface area contributed by atoms with Crippen LogP contribution in [-0.4, -0.2) is 56.0 Å². The molecule has 1 N–H and O–H groups in total. The van der Waals surface area contributed by atoms with Crippen molar-refractivity contribution in [3.05, 3.63) is 83.7 Å². The summed E-state index contributed by atoms with van der Waals surface area (Å²) < 4.78 is 20.5. The number of amides is 2. The van der Waals surface area contributed by atoms with Crippen LogP contribution in [0.3, 0.4) is 0 Å². The molecule has 188 valence electrons. The molecule has 1 aliphatic rings. The SMILES string of the molecule is CCCNC(=O)c1ccc(N2CCN(C(=O)c3ccc(-c4cccc(OCC)c4)c(F)c3)CC2)cc1. The lowest BCUT2D eigenvalue weighted by Crippen LogP contribution is -2.48. The van der Waals surface area contributed by atoms with Crippen molar-refractivity contribution in [3.8, 4) is 16.9 Å². The highest BCUT2D eigenvalue weighted by atomic mass is 19.1. The van der Waals surface area contributed by atoms with Gasteiger partial charge < -0.3 is 19.9 Å². The summed E-state index contributed by atoms with van der Waals surface area (Å²) in [6.45, 7) is 7.52. The van der Waals surface area contributed by atoms with E-state index in [-0.39, 0.29) is 11.8 Å². The molecule has 1 heterocycles. The third-order valence-corrected chi connectivity index (χ3v) is 6.27. The number of halogens is 1. The number of anilines is 1. The molecule has 0 radical (unpaired) electrons. The second kappa shape index (κ2) is 11.7. The lowest BCUT2D eigenvalue weighted by atomic mass is 10.0. The van der Waals surface area contributed by atoms with Gasteiger partial charge in [0.25, 0.3) is 11.8 Å². The quantitative estimate of drug-likeness (QED) is 0.484. The number of nitrogens with one attached hydrogen (secondary N) is 1. The summed E-state index contributed by atoms with van der Waals surface area (Å²) in [4.78, 5) is 29.1. The van der Waals surface area contributed by atoms with Crippen molar-refractivity contribution in [1.29, 1.82) is 0 Å². The van der Waals surface area contributed by atoms with Crippen molar-refractivity contribution >= 4 is 17.5 Å². The first-order chi connectivity index (χ1) is 17.5. The molecular weight excluding hydrogens is 457 g/mol. The highest BCUT2D eigenvalue weighted by Crippen LogP contribution is 2.28. The number of ether oxygens (including phenoxy) is 1. The van der Waals surface area contributed by atoms with E-state index in [0.29, 0.717) is 67.3 Å². The maximum Gasteiger partial charge on any atom is 0.254 e. The minimum absolute atomic E-state index is 0.0703. The number of benzene rings is 3. The zero-order valence-corrected chi connectivity index (χ0v) is 20.8. The van der Waals surface area contributed by atoms with Gasteiger partial charge in [-0.15, -0.1) is 0 Å². The summed E-state index contributed by atoms with van der Waals surface area (Å²) in [5.74, 6) is 0.00296. The van der Waals surface area contributed by atoms with Gasteiger partial charge >= 0.3 is 0 Å². The number of carbonyl (C=O) groups is 2. The number of hydrogen-bond acceptors (Lipinski definition) is 4. The molecule has 2 amide bonds. The summed E-state index contributed by atoms with van der Waals surface area (Å²) in [5, 5.41) is 2.88. The van der Waals surface area contributed by atoms with Crippen molar-refractivity contribution in [2.45, 2.75) is 20.3 Å². The number of piperazine rings is 1. The van der Waals surface area contributed by atoms with Crippen molar-refractivity contribution in [3.63, 3.8) is 0 Å². The zero-order chi connectivity index (χ0) is 25.5. The smallest absolute Gasteiger partial charge is 0.254 e. The number of rotatable bonds is 8. The molecule has 0 atom stereocenters. The van der Waals surface area contributed by atoms with E-state index in [1.165, 1.54) is 6.07 Å². The van der Waals surface area contributed by atoms with Gasteiger partial charge in [-0.25, -0.2) is 4.39 Å². The maximum atomic E-state index is 15.0. The lowest BCUT2D eigenvalue weighted by Gasteiger charge is -2.36. The third kappa shape index (κ3) is 5.85. The topological polar surface area (TPSA) is 61.9 Å². The van der Waals surface area contributed by atoms with Gasteiger partial charge in [-0.05, 0) is 67.4 Å². The fourth-order valence-electron chi connectivity index (χ4n) is 4.32. The van der Waals surface area contributed by atoms with Crippen LogP contribution < -0.4 is 15.0 Å². The average molecular weight is 490 g/mol. The molecule has 0 saturated carbocycles. The largest absolute Gasteiger partial charge is 0.494 e. The van der Waals surface area contributed by atoms with Gasteiger partial charge in [-0.1, -0.05) is 25.1 Å². The first kappa shape index (κ1) is 25.2. The molecule has 0 aromatic heterocycles. The molecule has 0 spiro atoms. The van der Waals surface area contributed by atoms with Gasteiger partial charge in [0.2, 0.25) is 0 Å². The fraction of sp³-hybridized carbons (Fsp3) is 0.310. The standard InChI is InChI=1S/C29H32FN3O3/c1-3-14-31-28(34)21-8-11-24(12-9-21)32-15-17-33(18-16-32)29(35)23-10-13-26(27(30)20-23)22-6-5-7-25(19-22)36-4-2/h5-13,19-20H,3-4,14-18H2,1-2H3,(H,31,34). The molecule has 0 bridgehead atoms. The Bertz CT molecular complexity index is 1200. The normalized spacial score (nSPS) is 13.4. The van der Waals surface area contributed by atoms with Crippen LogP contribution in [0.25, 0.3) is 11.1 Å². The third-order valence-electron chi connectivity index (χ3n) is 6.27. The maximum absolute atomic E-state index is 15.0. The molecule has 3 aromatic carbocycles. The summed E-state index contributed by atoms with van der Waals surface area (Å²) in [5.41, 5.74) is 3.13. The monoisotopic (exact) mass is 489 g/mol. The molecule has 36 heavy (non-hydrogen) atoms. The van der Waals surface area contributed by atoms with Gasteiger partial charge in [0.05, 0.1) is 6.61 Å². The predicted octanol–water partition coefficient (Wildman–Crippen LogP) is 4.99. The molecule has 6 nitrogen and oxygen atoms in total. The van der Waals surface area contributed by atoms with E-state index >= 15 is 0 Å². The Morgan fingerprint density at radius 2 is 1.64 bits per heavy atom. The molecule has 0 aliphatic carbocycles. The van der Waals surface area contributed by atoms with Crippen LogP contribution in [0.2, 0.25) is 0 Å². The average Bonchev–Trinajstić information content (AvgIpc) is 2.92. The minimum atomic E-state index is -0.434. The molecule has 3 aromatic rings. The molecule has 0 unspecified atom stereocenters. The van der Waals surface area contributed by atoms with Crippen molar-refractivity contribution < 1.29 is 18.7 Å². The van der Waals surface area contributed by atoms with Crippen LogP contribution in [0.5, 0.6) is 5.75 Å². The van der Waals surface area contributed by atoms with Crippen LogP contribution in [0, 0.1) is 5.82 Å². The second-order valence-corrected chi connectivity index (χ2v) is 8.74. The van der Waals surface area contributed by atoms with Crippen LogP contribution >= 0.6 is 0 Å². The first-order valence-electron chi connectivity index (χ1n) is 12.5. The Hall–Kier alpha value is -3.87. The van der Waals surface area contributed by atoms with E-state index in [1.54, 1.807) is 23.1 Å². The van der Waals surface area contributed by atoms with Crippen LogP contribution in [0.15, 0.2) is 66.7 Å². The van der Waals surface area contributed by atoms with E-state index in [4.69, 9.17) is 4.74 Å². The molecular formula is C29H32FN3O3. The highest BCUT2D eigenvalue weighted by Gasteiger charge is 2.23. The number of nitrogens with zero attached hydrogens (tertiary/aromatic N) is 2. The Morgan fingerprint density at radius 3 is 2.31 bits per heavy atom. The minimum Gasteiger partial charge on any atom is -0.494 e. The van der Waals surface area contributed by atoms with E-state index in [0.717, 1.165) is 12.1 Å². The van der Waals surface area contributed by atoms with E-state index in [2.05, 4.69) is 10.2 Å². The van der Waals surface area contributed by atoms with Crippen LogP contribution in [-0.2, 0) is 0 Å². The summed E-state index contributed by atoms with van der Waals surface area (Å²) in [7, 11) is 0. The van der Waals surface area contributed by atoms with Gasteiger partial charge in [-0.3, -0.25) is 9.59 Å². The van der Waals surface area contributed by atoms with Crippen molar-refractivity contribution in [1.82, 2.24) is 10.2 Å². The number of carbonyl (C=O) groups excluding carboxylic acids is 2. The summed E-state index contributed by atoms with van der Waals surface area (Å²) in [6.07, 6.45) is 0.895. The van der Waals surface area contributed by atoms with Crippen LogP contribution in [0.1, 0.15) is 41.0 Å². The molecule has 1 fully saturated rings. The molecule has 1 aliphatic heterocycles. The molecule has 4 rings (SSSR count). The summed E-state index contributed by atoms with van der Waals surface area (Å²) in [6, 6.07) is 19.5. The molecule has 7 heteroatoms. The first-order valence-corrected chi connectivity index (χ1v) is 12.5. The van der Waals surface area contributed by atoms with Crippen LogP contribution in [0.4, 0.5) is 10.1 Å². The lowest BCUT2D eigenvalue weighted by molar-refractivity contribution is 0.0746. The Labute approximate surface area is 211 Å². The van der Waals surface area contributed by atoms with Gasteiger partial charge in [0.1, 0.15) is 11.6 Å². The van der Waals surface area contributed by atoms with Crippen molar-refractivity contribution in [2.24, 2.45) is 0 Å². The van der Waals surface area contributed by atoms with E-state index in [9.17, 15) is 14.0 Å². The highest BCUT2D eigenvalue weighted by molar-refractivity contribution is 5.95. The fourth-order valence-corrected chi connectivity index (χ4v) is 4.32. The second-order valence-electron chi connectivity index (χ2n) is 8.74. The number of hydrogen-bond donors (Lipinski definition) is 1. The predicted molar refractivity (Wildman–Crippen MR) is 140 cm³/mol. The summed E-state index contributed by atoms with van der Waals surface area (Å²) >= 11 is 0. The molecule has 1 saturated heterocycles. The van der Waals surface area contributed by atoms with Gasteiger partial charge in [-0.2, -0.15) is 0 Å². The van der Waals surface area contributed by atoms with Gasteiger partial charge in [0, 0.05) is 55.1 Å². The Morgan fingerprint density at radius 1 is 0.917 bits per heavy atom.